The molecule has 1 aromatic heterocycles. The van der Waals surface area contributed by atoms with Gasteiger partial charge in [-0.2, -0.15) is 0 Å². The lowest BCUT2D eigenvalue weighted by Gasteiger charge is -2.24. The minimum Gasteiger partial charge on any atom is -0.456 e. The maximum absolute atomic E-state index is 14.2. The van der Waals surface area contributed by atoms with Gasteiger partial charge in [0.1, 0.15) is 17.3 Å². The number of aryl methyl sites for hydroxylation is 1. The second-order valence-electron chi connectivity index (χ2n) is 8.68. The van der Waals surface area contributed by atoms with Gasteiger partial charge in [0.25, 0.3) is 0 Å². The number of nitrogens with one attached hydrogen (secondary N) is 1. The maximum atomic E-state index is 14.2. The Kier molecular flexibility index (Phi) is 5.55. The predicted octanol–water partition coefficient (Wildman–Crippen LogP) is 8.05. The number of fused-ring (bicyclic) bond motifs is 1. The maximum Gasteiger partial charge on any atom is 0.220 e. The SMILES string of the molecule is Cc1nc2cc(NP3(=O)C=C(c4ccccc4)OC(c4ccccc4)=C3)ccc2n1-c1ccccc1. The summed E-state index contributed by atoms with van der Waals surface area (Å²) in [6.45, 7) is 1.99. The molecule has 0 fully saturated rings. The number of aromatic nitrogens is 2. The highest BCUT2D eigenvalue weighted by atomic mass is 31.2. The predicted molar refractivity (Wildman–Crippen MR) is 147 cm³/mol. The first-order valence-corrected chi connectivity index (χ1v) is 13.6. The van der Waals surface area contributed by atoms with E-state index in [1.165, 1.54) is 0 Å². The van der Waals surface area contributed by atoms with Crippen LogP contribution >= 0.6 is 7.29 Å². The van der Waals surface area contributed by atoms with Crippen molar-refractivity contribution in [3.63, 3.8) is 0 Å². The van der Waals surface area contributed by atoms with Crippen LogP contribution in [-0.4, -0.2) is 9.55 Å². The van der Waals surface area contributed by atoms with E-state index in [-0.39, 0.29) is 0 Å². The van der Waals surface area contributed by atoms with Gasteiger partial charge in [-0.25, -0.2) is 4.98 Å². The van der Waals surface area contributed by atoms with Crippen LogP contribution in [0.15, 0.2) is 121 Å². The fourth-order valence-electron chi connectivity index (χ4n) is 4.47. The van der Waals surface area contributed by atoms with Crippen LogP contribution in [0.4, 0.5) is 5.69 Å². The summed E-state index contributed by atoms with van der Waals surface area (Å²) in [7, 11) is -3.15. The smallest absolute Gasteiger partial charge is 0.220 e. The van der Waals surface area contributed by atoms with Crippen molar-refractivity contribution in [3.05, 3.63) is 138 Å². The second kappa shape index (κ2) is 9.03. The van der Waals surface area contributed by atoms with E-state index in [9.17, 15) is 4.57 Å². The Labute approximate surface area is 209 Å². The fraction of sp³-hybridized carbons (Fsp3) is 0.0333. The number of hydrogen-bond acceptors (Lipinski definition) is 3. The normalized spacial score (nSPS) is 14.6. The number of ether oxygens (including phenoxy) is 1. The van der Waals surface area contributed by atoms with E-state index in [4.69, 9.17) is 9.72 Å². The lowest BCUT2D eigenvalue weighted by Crippen LogP contribution is -2.03. The van der Waals surface area contributed by atoms with Crippen molar-refractivity contribution in [2.24, 2.45) is 0 Å². The third-order valence-electron chi connectivity index (χ3n) is 6.10. The Morgan fingerprint density at radius 3 is 1.89 bits per heavy atom. The van der Waals surface area contributed by atoms with Gasteiger partial charge in [0.2, 0.25) is 7.29 Å². The van der Waals surface area contributed by atoms with Crippen LogP contribution in [0.3, 0.4) is 0 Å². The number of rotatable bonds is 5. The van der Waals surface area contributed by atoms with Gasteiger partial charge in [0, 0.05) is 34.1 Å². The molecule has 0 amide bonds. The number of imidazole rings is 1. The molecule has 6 rings (SSSR count). The highest BCUT2D eigenvalue weighted by Crippen LogP contribution is 2.56. The van der Waals surface area contributed by atoms with Crippen molar-refractivity contribution < 1.29 is 9.30 Å². The number of anilines is 1. The first kappa shape index (κ1) is 22.1. The molecule has 1 aliphatic rings. The van der Waals surface area contributed by atoms with Crippen molar-refractivity contribution >= 4 is 35.5 Å². The molecule has 0 saturated heterocycles. The summed E-state index contributed by atoms with van der Waals surface area (Å²) in [4.78, 5) is 4.77. The molecule has 4 aromatic carbocycles. The van der Waals surface area contributed by atoms with E-state index in [1.807, 2.05) is 104 Å². The minimum atomic E-state index is -3.15. The molecule has 36 heavy (non-hydrogen) atoms. The molecule has 0 aliphatic carbocycles. The van der Waals surface area contributed by atoms with Crippen LogP contribution < -0.4 is 5.09 Å². The lowest BCUT2D eigenvalue weighted by molar-refractivity contribution is 0.469. The second-order valence-corrected chi connectivity index (χ2v) is 10.8. The molecule has 1 N–H and O–H groups in total. The van der Waals surface area contributed by atoms with E-state index in [0.29, 0.717) is 11.5 Å². The van der Waals surface area contributed by atoms with Gasteiger partial charge >= 0.3 is 0 Å². The van der Waals surface area contributed by atoms with E-state index in [1.54, 1.807) is 11.6 Å². The highest BCUT2D eigenvalue weighted by molar-refractivity contribution is 7.72. The molecule has 6 heteroatoms. The lowest BCUT2D eigenvalue weighted by atomic mass is 10.2. The van der Waals surface area contributed by atoms with Crippen LogP contribution in [0.25, 0.3) is 28.2 Å². The Hall–Kier alpha value is -4.34. The molecular weight excluding hydrogens is 465 g/mol. The van der Waals surface area contributed by atoms with Gasteiger partial charge in [-0.1, -0.05) is 78.9 Å². The zero-order valence-electron chi connectivity index (χ0n) is 19.7. The monoisotopic (exact) mass is 489 g/mol. The summed E-state index contributed by atoms with van der Waals surface area (Å²) in [5, 5.41) is 3.29. The molecule has 2 heterocycles. The van der Waals surface area contributed by atoms with Gasteiger partial charge in [-0.05, 0) is 37.3 Å². The molecule has 0 spiro atoms. The molecule has 5 nitrogen and oxygen atoms in total. The first-order valence-electron chi connectivity index (χ1n) is 11.7. The van der Waals surface area contributed by atoms with Crippen LogP contribution in [0.2, 0.25) is 0 Å². The van der Waals surface area contributed by atoms with E-state index in [2.05, 4.69) is 21.8 Å². The Morgan fingerprint density at radius 2 is 1.31 bits per heavy atom. The molecule has 0 saturated carbocycles. The largest absolute Gasteiger partial charge is 0.456 e. The molecule has 1 aliphatic heterocycles. The van der Waals surface area contributed by atoms with Crippen molar-refractivity contribution in [1.82, 2.24) is 9.55 Å². The number of hydrogen-bond donors (Lipinski definition) is 1. The number of nitrogens with zero attached hydrogens (tertiary/aromatic N) is 2. The van der Waals surface area contributed by atoms with Crippen molar-refractivity contribution in [2.75, 3.05) is 5.09 Å². The first-order chi connectivity index (χ1) is 17.6. The third kappa shape index (κ3) is 4.26. The Balaban J connectivity index is 1.40. The van der Waals surface area contributed by atoms with E-state index in [0.717, 1.165) is 39.4 Å². The minimum absolute atomic E-state index is 0.568. The van der Waals surface area contributed by atoms with Crippen molar-refractivity contribution in [3.8, 4) is 5.69 Å². The zero-order chi connectivity index (χ0) is 24.5. The van der Waals surface area contributed by atoms with Crippen LogP contribution in [0, 0.1) is 6.92 Å². The molecule has 0 atom stereocenters. The van der Waals surface area contributed by atoms with Gasteiger partial charge in [0.05, 0.1) is 11.0 Å². The average molecular weight is 490 g/mol. The van der Waals surface area contributed by atoms with Gasteiger partial charge in [0.15, 0.2) is 0 Å². The summed E-state index contributed by atoms with van der Waals surface area (Å²) < 4.78 is 22.6. The quantitative estimate of drug-likeness (QED) is 0.254. The summed E-state index contributed by atoms with van der Waals surface area (Å²) in [5.74, 6) is 5.43. The molecule has 0 bridgehead atoms. The topological polar surface area (TPSA) is 56.1 Å². The Bertz CT molecular complexity index is 1600. The summed E-state index contributed by atoms with van der Waals surface area (Å²) in [6, 6.07) is 35.5. The number of benzene rings is 4. The van der Waals surface area contributed by atoms with Gasteiger partial charge < -0.3 is 9.82 Å². The van der Waals surface area contributed by atoms with Gasteiger partial charge in [-0.3, -0.25) is 9.13 Å². The highest BCUT2D eigenvalue weighted by Gasteiger charge is 2.27. The van der Waals surface area contributed by atoms with Crippen LogP contribution in [0.5, 0.6) is 0 Å². The molecular formula is C30H24N3O2P. The standard InChI is InChI=1S/C30H24N3O2P/c1-22-31-27-19-25(17-18-28(27)33(22)26-15-9-4-10-16-26)32-36(34)20-29(23-11-5-2-6-12-23)35-30(21-36)24-13-7-3-8-14-24/h2-21H,1H3,(H,32,34). The summed E-state index contributed by atoms with van der Waals surface area (Å²) >= 11 is 0. The number of para-hydroxylation sites is 1. The van der Waals surface area contributed by atoms with Crippen molar-refractivity contribution in [2.45, 2.75) is 6.92 Å². The molecule has 176 valence electrons. The molecule has 5 aromatic rings. The fourth-order valence-corrected chi connectivity index (χ4v) is 6.31. The molecule has 0 unspecified atom stereocenters. The third-order valence-corrected chi connectivity index (χ3v) is 7.94. The Morgan fingerprint density at radius 1 is 0.750 bits per heavy atom. The average Bonchev–Trinajstić information content (AvgIpc) is 3.24. The van der Waals surface area contributed by atoms with E-state index < -0.39 is 7.29 Å². The van der Waals surface area contributed by atoms with Crippen LogP contribution in [0.1, 0.15) is 17.0 Å². The summed E-state index contributed by atoms with van der Waals surface area (Å²) in [6.07, 6.45) is 0. The van der Waals surface area contributed by atoms with Gasteiger partial charge in [-0.15, -0.1) is 0 Å². The molecule has 0 radical (unpaired) electrons. The van der Waals surface area contributed by atoms with Crippen LogP contribution in [-0.2, 0) is 9.30 Å². The summed E-state index contributed by atoms with van der Waals surface area (Å²) in [5.41, 5.74) is 5.36. The zero-order valence-corrected chi connectivity index (χ0v) is 20.6. The van der Waals surface area contributed by atoms with Crippen molar-refractivity contribution in [1.29, 1.82) is 0 Å². The van der Waals surface area contributed by atoms with E-state index >= 15 is 0 Å².